The van der Waals surface area contributed by atoms with Crippen LogP contribution in [0.25, 0.3) is 0 Å². The largest absolute Gasteiger partial charge is 0.350 e. The fraction of sp³-hybridized carbons (Fsp3) is 0.143. The summed E-state index contributed by atoms with van der Waals surface area (Å²) in [6, 6.07) is 16.8. The van der Waals surface area contributed by atoms with Crippen molar-refractivity contribution in [3.63, 3.8) is 0 Å². The molecular formula is C21H20FN5O2. The maximum absolute atomic E-state index is 13.6. The average Bonchev–Trinajstić information content (AvgIpc) is 2.70. The van der Waals surface area contributed by atoms with E-state index in [0.717, 1.165) is 0 Å². The summed E-state index contributed by atoms with van der Waals surface area (Å²) in [5.74, 6) is -0.382. The second-order valence-electron chi connectivity index (χ2n) is 6.29. The molecule has 0 unspecified atom stereocenters. The number of halogens is 1. The van der Waals surface area contributed by atoms with Crippen molar-refractivity contribution in [2.45, 2.75) is 13.3 Å². The predicted octanol–water partition coefficient (Wildman–Crippen LogP) is 3.29. The number of carbonyl (C=O) groups excluding carboxylic acids is 2. The fourth-order valence-electron chi connectivity index (χ4n) is 2.65. The van der Waals surface area contributed by atoms with Crippen molar-refractivity contribution in [3.05, 3.63) is 77.7 Å². The lowest BCUT2D eigenvalue weighted by Gasteiger charge is -2.08. The van der Waals surface area contributed by atoms with E-state index in [1.54, 1.807) is 48.5 Å². The minimum Gasteiger partial charge on any atom is -0.350 e. The zero-order chi connectivity index (χ0) is 20.6. The Hall–Kier alpha value is -3.81. The van der Waals surface area contributed by atoms with Gasteiger partial charge in [0.2, 0.25) is 5.91 Å². The first kappa shape index (κ1) is 19.9. The Morgan fingerprint density at radius 1 is 0.966 bits per heavy atom. The lowest BCUT2D eigenvalue weighted by molar-refractivity contribution is -0.114. The standard InChI is InChI=1S/C21H20FN5O2/c1-14(28)24-16-6-4-7-17(13-16)25-20-10-9-19(26-27-20)21(29)23-12-11-15-5-2-3-8-18(15)22/h2-10,13H,11-12H2,1H3,(H,23,29)(H,24,28)(H,25,27). The number of nitrogens with one attached hydrogen (secondary N) is 3. The molecule has 0 aliphatic carbocycles. The van der Waals surface area contributed by atoms with Crippen LogP contribution in [-0.2, 0) is 11.2 Å². The molecule has 3 N–H and O–H groups in total. The highest BCUT2D eigenvalue weighted by molar-refractivity contribution is 5.92. The number of carbonyl (C=O) groups is 2. The molecule has 3 aromatic rings. The predicted molar refractivity (Wildman–Crippen MR) is 108 cm³/mol. The number of aromatic nitrogens is 2. The number of rotatable bonds is 7. The van der Waals surface area contributed by atoms with Crippen molar-refractivity contribution in [1.82, 2.24) is 15.5 Å². The normalized spacial score (nSPS) is 10.3. The maximum Gasteiger partial charge on any atom is 0.271 e. The third-order valence-electron chi connectivity index (χ3n) is 3.99. The Labute approximate surface area is 167 Å². The van der Waals surface area contributed by atoms with E-state index in [1.165, 1.54) is 13.0 Å². The van der Waals surface area contributed by atoms with Gasteiger partial charge in [0, 0.05) is 24.8 Å². The number of benzene rings is 2. The Bertz CT molecular complexity index is 1010. The van der Waals surface area contributed by atoms with E-state index < -0.39 is 0 Å². The van der Waals surface area contributed by atoms with Crippen LogP contribution in [0.2, 0.25) is 0 Å². The summed E-state index contributed by atoms with van der Waals surface area (Å²) in [5, 5.41) is 16.4. The second-order valence-corrected chi connectivity index (χ2v) is 6.29. The van der Waals surface area contributed by atoms with Crippen molar-refractivity contribution < 1.29 is 14.0 Å². The van der Waals surface area contributed by atoms with E-state index in [0.29, 0.717) is 29.2 Å². The molecule has 29 heavy (non-hydrogen) atoms. The molecule has 0 atom stereocenters. The lowest BCUT2D eigenvalue weighted by atomic mass is 10.1. The van der Waals surface area contributed by atoms with Gasteiger partial charge in [-0.15, -0.1) is 10.2 Å². The van der Waals surface area contributed by atoms with Gasteiger partial charge in [0.15, 0.2) is 11.5 Å². The number of hydrogen-bond acceptors (Lipinski definition) is 5. The van der Waals surface area contributed by atoms with Gasteiger partial charge in [-0.05, 0) is 48.4 Å². The lowest BCUT2D eigenvalue weighted by Crippen LogP contribution is -2.27. The van der Waals surface area contributed by atoms with Gasteiger partial charge in [-0.3, -0.25) is 9.59 Å². The van der Waals surface area contributed by atoms with Gasteiger partial charge in [-0.2, -0.15) is 0 Å². The minimum atomic E-state index is -0.381. The van der Waals surface area contributed by atoms with E-state index >= 15 is 0 Å². The maximum atomic E-state index is 13.6. The second kappa shape index (κ2) is 9.41. The van der Waals surface area contributed by atoms with Crippen LogP contribution in [0.5, 0.6) is 0 Å². The molecule has 2 aromatic carbocycles. The summed E-state index contributed by atoms with van der Waals surface area (Å²) in [7, 11) is 0. The van der Waals surface area contributed by atoms with E-state index in [1.807, 2.05) is 6.07 Å². The Morgan fingerprint density at radius 3 is 2.48 bits per heavy atom. The van der Waals surface area contributed by atoms with Gasteiger partial charge >= 0.3 is 0 Å². The molecule has 0 spiro atoms. The molecule has 0 aliphatic heterocycles. The highest BCUT2D eigenvalue weighted by Gasteiger charge is 2.09. The minimum absolute atomic E-state index is 0.160. The van der Waals surface area contributed by atoms with E-state index in [-0.39, 0.29) is 29.9 Å². The van der Waals surface area contributed by atoms with E-state index in [2.05, 4.69) is 26.1 Å². The Morgan fingerprint density at radius 2 is 1.76 bits per heavy atom. The summed E-state index contributed by atoms with van der Waals surface area (Å²) >= 11 is 0. The average molecular weight is 393 g/mol. The van der Waals surface area contributed by atoms with Gasteiger partial charge in [-0.1, -0.05) is 24.3 Å². The van der Waals surface area contributed by atoms with Crippen molar-refractivity contribution in [3.8, 4) is 0 Å². The zero-order valence-corrected chi connectivity index (χ0v) is 15.8. The molecule has 3 rings (SSSR count). The van der Waals surface area contributed by atoms with Crippen molar-refractivity contribution in [2.24, 2.45) is 0 Å². The first-order valence-electron chi connectivity index (χ1n) is 9.01. The summed E-state index contributed by atoms with van der Waals surface area (Å²) in [6.45, 7) is 1.73. The monoisotopic (exact) mass is 393 g/mol. The van der Waals surface area contributed by atoms with E-state index in [9.17, 15) is 14.0 Å². The SMILES string of the molecule is CC(=O)Nc1cccc(Nc2ccc(C(=O)NCCc3ccccc3F)nn2)c1. The van der Waals surface area contributed by atoms with Gasteiger partial charge in [0.25, 0.3) is 5.91 Å². The zero-order valence-electron chi connectivity index (χ0n) is 15.8. The molecule has 0 fully saturated rings. The molecule has 148 valence electrons. The number of nitrogens with zero attached hydrogens (tertiary/aromatic N) is 2. The first-order chi connectivity index (χ1) is 14.0. The molecule has 1 aromatic heterocycles. The van der Waals surface area contributed by atoms with E-state index in [4.69, 9.17) is 0 Å². The van der Waals surface area contributed by atoms with Crippen LogP contribution in [0.15, 0.2) is 60.7 Å². The molecule has 1 heterocycles. The van der Waals surface area contributed by atoms with Crippen LogP contribution in [0.4, 0.5) is 21.6 Å². The van der Waals surface area contributed by atoms with Crippen LogP contribution in [0, 0.1) is 5.82 Å². The molecule has 7 nitrogen and oxygen atoms in total. The Kier molecular flexibility index (Phi) is 6.47. The quantitative estimate of drug-likeness (QED) is 0.572. The van der Waals surface area contributed by atoms with Crippen molar-refractivity contribution >= 4 is 29.0 Å². The third-order valence-corrected chi connectivity index (χ3v) is 3.99. The fourth-order valence-corrected chi connectivity index (χ4v) is 2.65. The number of amides is 2. The van der Waals surface area contributed by atoms with Crippen LogP contribution < -0.4 is 16.0 Å². The molecule has 0 bridgehead atoms. The summed E-state index contributed by atoms with van der Waals surface area (Å²) < 4.78 is 13.6. The summed E-state index contributed by atoms with van der Waals surface area (Å²) in [6.07, 6.45) is 0.385. The van der Waals surface area contributed by atoms with Crippen molar-refractivity contribution in [2.75, 3.05) is 17.2 Å². The third kappa shape index (κ3) is 5.83. The number of hydrogen-bond donors (Lipinski definition) is 3. The number of anilines is 3. The molecule has 0 saturated heterocycles. The highest BCUT2D eigenvalue weighted by Crippen LogP contribution is 2.18. The Balaban J connectivity index is 1.55. The first-order valence-corrected chi connectivity index (χ1v) is 9.01. The van der Waals surface area contributed by atoms with Gasteiger partial charge < -0.3 is 16.0 Å². The van der Waals surface area contributed by atoms with Gasteiger partial charge in [-0.25, -0.2) is 4.39 Å². The van der Waals surface area contributed by atoms with Crippen LogP contribution in [0.1, 0.15) is 23.0 Å². The smallest absolute Gasteiger partial charge is 0.271 e. The topological polar surface area (TPSA) is 96.0 Å². The molecular weight excluding hydrogens is 373 g/mol. The van der Waals surface area contributed by atoms with Gasteiger partial charge in [0.1, 0.15) is 5.82 Å². The molecule has 0 aliphatic rings. The summed E-state index contributed by atoms with van der Waals surface area (Å²) in [5.41, 5.74) is 2.07. The highest BCUT2D eigenvalue weighted by atomic mass is 19.1. The molecule has 0 radical (unpaired) electrons. The molecule has 2 amide bonds. The molecule has 8 heteroatoms. The van der Waals surface area contributed by atoms with Gasteiger partial charge in [0.05, 0.1) is 0 Å². The van der Waals surface area contributed by atoms with Crippen LogP contribution >= 0.6 is 0 Å². The summed E-state index contributed by atoms with van der Waals surface area (Å²) in [4.78, 5) is 23.3. The van der Waals surface area contributed by atoms with Crippen LogP contribution in [0.3, 0.4) is 0 Å². The molecule has 0 saturated carbocycles. The van der Waals surface area contributed by atoms with Crippen molar-refractivity contribution in [1.29, 1.82) is 0 Å². The van der Waals surface area contributed by atoms with Crippen LogP contribution in [-0.4, -0.2) is 28.6 Å².